The molecule has 0 saturated heterocycles. The van der Waals surface area contributed by atoms with Gasteiger partial charge in [-0.1, -0.05) is 91.0 Å². The molecule has 0 aromatic heterocycles. The Morgan fingerprint density at radius 2 is 1.22 bits per heavy atom. The normalized spacial score (nSPS) is 12.1. The average Bonchev–Trinajstić information content (AvgIpc) is 2.77. The minimum atomic E-state index is -0.618. The van der Waals surface area contributed by atoms with Gasteiger partial charge in [0.25, 0.3) is 0 Å². The molecule has 4 heteroatoms. The smallest absolute Gasteiger partial charge is 0.243 e. The highest BCUT2D eigenvalue weighted by Crippen LogP contribution is 2.17. The van der Waals surface area contributed by atoms with Gasteiger partial charge in [0.1, 0.15) is 6.04 Å². The minimum Gasteiger partial charge on any atom is -0.350 e. The van der Waals surface area contributed by atoms with Crippen molar-refractivity contribution in [3.8, 4) is 0 Å². The Labute approximate surface area is 191 Å². The highest BCUT2D eigenvalue weighted by molar-refractivity contribution is 5.89. The van der Waals surface area contributed by atoms with Crippen LogP contribution in [-0.2, 0) is 29.0 Å². The van der Waals surface area contributed by atoms with Crippen molar-refractivity contribution in [2.24, 2.45) is 0 Å². The molecule has 2 amide bonds. The lowest BCUT2D eigenvalue weighted by Crippen LogP contribution is -2.54. The summed E-state index contributed by atoms with van der Waals surface area (Å²) in [7, 11) is 0. The molecule has 0 saturated carbocycles. The Balaban J connectivity index is 1.95. The van der Waals surface area contributed by atoms with E-state index in [2.05, 4.69) is 5.32 Å². The summed E-state index contributed by atoms with van der Waals surface area (Å²) in [5, 5.41) is 3.09. The van der Waals surface area contributed by atoms with E-state index in [0.717, 1.165) is 16.7 Å². The molecule has 32 heavy (non-hydrogen) atoms. The molecule has 1 N–H and O–H groups in total. The van der Waals surface area contributed by atoms with E-state index in [-0.39, 0.29) is 18.2 Å². The van der Waals surface area contributed by atoms with Crippen molar-refractivity contribution < 1.29 is 9.59 Å². The monoisotopic (exact) mass is 428 g/mol. The SMILES string of the molecule is CC(C)(C)NC(=O)[C@H](Cc1ccccc1)N(Cc1ccccc1)C(=O)Cc1ccccc1. The second-order valence-corrected chi connectivity index (χ2v) is 9.11. The Hall–Kier alpha value is -3.40. The number of carbonyl (C=O) groups is 2. The summed E-state index contributed by atoms with van der Waals surface area (Å²) in [6.07, 6.45) is 0.706. The van der Waals surface area contributed by atoms with Crippen molar-refractivity contribution in [3.63, 3.8) is 0 Å². The first-order valence-electron chi connectivity index (χ1n) is 11.0. The molecule has 0 bridgehead atoms. The first-order chi connectivity index (χ1) is 15.3. The van der Waals surface area contributed by atoms with Gasteiger partial charge in [-0.2, -0.15) is 0 Å². The average molecular weight is 429 g/mol. The van der Waals surface area contributed by atoms with E-state index in [1.807, 2.05) is 112 Å². The summed E-state index contributed by atoms with van der Waals surface area (Å²) in [5.74, 6) is -0.205. The van der Waals surface area contributed by atoms with Gasteiger partial charge in [0.2, 0.25) is 11.8 Å². The molecule has 0 unspecified atom stereocenters. The maximum absolute atomic E-state index is 13.6. The number of amides is 2. The van der Waals surface area contributed by atoms with E-state index in [9.17, 15) is 9.59 Å². The van der Waals surface area contributed by atoms with E-state index in [1.54, 1.807) is 4.90 Å². The molecule has 3 rings (SSSR count). The summed E-state index contributed by atoms with van der Waals surface area (Å²) in [6.45, 7) is 6.25. The van der Waals surface area contributed by atoms with Crippen LogP contribution >= 0.6 is 0 Å². The summed E-state index contributed by atoms with van der Waals surface area (Å²) in [6, 6.07) is 28.8. The van der Waals surface area contributed by atoms with Crippen LogP contribution in [0.4, 0.5) is 0 Å². The molecule has 4 nitrogen and oxygen atoms in total. The molecule has 0 heterocycles. The largest absolute Gasteiger partial charge is 0.350 e. The molecule has 0 aliphatic heterocycles. The Kier molecular flexibility index (Phi) is 7.82. The summed E-state index contributed by atoms with van der Waals surface area (Å²) in [4.78, 5) is 28.7. The predicted molar refractivity (Wildman–Crippen MR) is 129 cm³/mol. The number of nitrogens with zero attached hydrogens (tertiary/aromatic N) is 1. The van der Waals surface area contributed by atoms with Crippen LogP contribution in [0.5, 0.6) is 0 Å². The molecule has 166 valence electrons. The second-order valence-electron chi connectivity index (χ2n) is 9.11. The molecule has 0 radical (unpaired) electrons. The lowest BCUT2D eigenvalue weighted by atomic mass is 10.00. The molecule has 0 aliphatic carbocycles. The fourth-order valence-electron chi connectivity index (χ4n) is 3.66. The first kappa shape index (κ1) is 23.3. The highest BCUT2D eigenvalue weighted by Gasteiger charge is 2.32. The number of rotatable bonds is 8. The summed E-state index contributed by atoms with van der Waals surface area (Å²) < 4.78 is 0. The third kappa shape index (κ3) is 7.09. The van der Waals surface area contributed by atoms with Crippen LogP contribution in [0.25, 0.3) is 0 Å². The minimum absolute atomic E-state index is 0.0648. The zero-order chi connectivity index (χ0) is 23.0. The van der Waals surface area contributed by atoms with Crippen LogP contribution in [0.2, 0.25) is 0 Å². The van der Waals surface area contributed by atoms with Gasteiger partial charge >= 0.3 is 0 Å². The van der Waals surface area contributed by atoms with Gasteiger partial charge in [0.05, 0.1) is 6.42 Å². The number of carbonyl (C=O) groups excluding carboxylic acids is 2. The Bertz CT molecular complexity index is 996. The number of hydrogen-bond acceptors (Lipinski definition) is 2. The predicted octanol–water partition coefficient (Wildman–Crippen LogP) is 4.78. The summed E-state index contributed by atoms with van der Waals surface area (Å²) >= 11 is 0. The van der Waals surface area contributed by atoms with E-state index in [1.165, 1.54) is 0 Å². The zero-order valence-electron chi connectivity index (χ0n) is 19.1. The van der Waals surface area contributed by atoms with Gasteiger partial charge in [-0.15, -0.1) is 0 Å². The molecule has 0 spiro atoms. The van der Waals surface area contributed by atoms with Crippen LogP contribution in [0.3, 0.4) is 0 Å². The van der Waals surface area contributed by atoms with Gasteiger partial charge in [0.15, 0.2) is 0 Å². The van der Waals surface area contributed by atoms with E-state index < -0.39 is 11.6 Å². The molecule has 3 aromatic carbocycles. The van der Waals surface area contributed by atoms with Gasteiger partial charge in [0, 0.05) is 18.5 Å². The fraction of sp³-hybridized carbons (Fsp3) is 0.286. The molecule has 0 fully saturated rings. The van der Waals surface area contributed by atoms with Crippen molar-refractivity contribution in [2.45, 2.75) is 51.7 Å². The zero-order valence-corrected chi connectivity index (χ0v) is 19.1. The highest BCUT2D eigenvalue weighted by atomic mass is 16.2. The van der Waals surface area contributed by atoms with Crippen molar-refractivity contribution in [1.29, 1.82) is 0 Å². The lowest BCUT2D eigenvalue weighted by molar-refractivity contribution is -0.141. The Morgan fingerprint density at radius 1 is 0.750 bits per heavy atom. The van der Waals surface area contributed by atoms with Crippen molar-refractivity contribution in [3.05, 3.63) is 108 Å². The third-order valence-corrected chi connectivity index (χ3v) is 5.16. The van der Waals surface area contributed by atoms with E-state index >= 15 is 0 Å². The van der Waals surface area contributed by atoms with Gasteiger partial charge in [-0.05, 0) is 37.5 Å². The van der Waals surface area contributed by atoms with Crippen molar-refractivity contribution >= 4 is 11.8 Å². The van der Waals surface area contributed by atoms with Gasteiger partial charge < -0.3 is 10.2 Å². The van der Waals surface area contributed by atoms with Crippen LogP contribution < -0.4 is 5.32 Å². The van der Waals surface area contributed by atoms with Crippen LogP contribution in [-0.4, -0.2) is 28.3 Å². The van der Waals surface area contributed by atoms with E-state index in [0.29, 0.717) is 13.0 Å². The van der Waals surface area contributed by atoms with Crippen LogP contribution in [0.1, 0.15) is 37.5 Å². The number of nitrogens with one attached hydrogen (secondary N) is 1. The third-order valence-electron chi connectivity index (χ3n) is 5.16. The van der Waals surface area contributed by atoms with Crippen LogP contribution in [0, 0.1) is 0 Å². The van der Waals surface area contributed by atoms with E-state index in [4.69, 9.17) is 0 Å². The number of hydrogen-bond donors (Lipinski definition) is 1. The van der Waals surface area contributed by atoms with Gasteiger partial charge in [-0.3, -0.25) is 9.59 Å². The maximum Gasteiger partial charge on any atom is 0.243 e. The second kappa shape index (κ2) is 10.8. The molecule has 3 aromatic rings. The van der Waals surface area contributed by atoms with Crippen LogP contribution in [0.15, 0.2) is 91.0 Å². The summed E-state index contributed by atoms with van der Waals surface area (Å²) in [5.41, 5.74) is 2.56. The molecule has 1 atom stereocenters. The lowest BCUT2D eigenvalue weighted by Gasteiger charge is -2.34. The Morgan fingerprint density at radius 3 is 1.72 bits per heavy atom. The van der Waals surface area contributed by atoms with Crippen molar-refractivity contribution in [1.82, 2.24) is 10.2 Å². The number of benzene rings is 3. The molecule has 0 aliphatic rings. The van der Waals surface area contributed by atoms with Gasteiger partial charge in [-0.25, -0.2) is 0 Å². The molecular formula is C28H32N2O2. The topological polar surface area (TPSA) is 49.4 Å². The first-order valence-corrected chi connectivity index (χ1v) is 11.0. The molecular weight excluding hydrogens is 396 g/mol. The maximum atomic E-state index is 13.6. The quantitative estimate of drug-likeness (QED) is 0.561. The standard InChI is InChI=1S/C28H32N2O2/c1-28(2,3)29-27(32)25(19-22-13-7-4-8-14-22)30(21-24-17-11-6-12-18-24)26(31)20-23-15-9-5-10-16-23/h4-18,25H,19-21H2,1-3H3,(H,29,32)/t25-/m0/s1. The fourth-order valence-corrected chi connectivity index (χ4v) is 3.66. The van der Waals surface area contributed by atoms with Crippen molar-refractivity contribution in [2.75, 3.05) is 0 Å².